The van der Waals surface area contributed by atoms with Gasteiger partial charge in [-0.05, 0) is 0 Å². The molecule has 1 aromatic heterocycles. The largest absolute Gasteiger partial charge is 0.273 e. The van der Waals surface area contributed by atoms with E-state index in [-0.39, 0.29) is 10.6 Å². The minimum Gasteiger partial charge on any atom is -0.258 e. The predicted octanol–water partition coefficient (Wildman–Crippen LogP) is 2.74. The van der Waals surface area contributed by atoms with Crippen molar-refractivity contribution in [3.63, 3.8) is 0 Å². The highest BCUT2D eigenvalue weighted by Crippen LogP contribution is 2.28. The van der Waals surface area contributed by atoms with Crippen LogP contribution in [-0.2, 0) is 5.75 Å². The quantitative estimate of drug-likeness (QED) is 0.476. The van der Waals surface area contributed by atoms with Gasteiger partial charge in [0, 0.05) is 17.4 Å². The number of nitro groups is 1. The Morgan fingerprint density at radius 1 is 1.44 bits per heavy atom. The molecule has 82 valence electrons. The maximum atomic E-state index is 10.8. The van der Waals surface area contributed by atoms with Gasteiger partial charge in [0.05, 0.1) is 4.92 Å². The molecule has 5 nitrogen and oxygen atoms in total. The highest BCUT2D eigenvalue weighted by Gasteiger charge is 2.12. The molecule has 16 heavy (non-hydrogen) atoms. The van der Waals surface area contributed by atoms with E-state index in [9.17, 15) is 10.1 Å². The van der Waals surface area contributed by atoms with E-state index < -0.39 is 0 Å². The standard InChI is InChI=1S/C9H7N3O2S2/c13-12(14)8-4-2-1-3-7(8)5-15-9-11-10-6-16-9/h1-4,6H,5H2. The van der Waals surface area contributed by atoms with Crippen LogP contribution in [0.25, 0.3) is 0 Å². The van der Waals surface area contributed by atoms with Gasteiger partial charge in [0.1, 0.15) is 5.51 Å². The van der Waals surface area contributed by atoms with Crippen molar-refractivity contribution >= 4 is 28.8 Å². The number of aromatic nitrogens is 2. The van der Waals surface area contributed by atoms with Crippen molar-refractivity contribution in [1.29, 1.82) is 0 Å². The molecule has 0 saturated heterocycles. The molecule has 2 aromatic rings. The van der Waals surface area contributed by atoms with Crippen LogP contribution in [-0.4, -0.2) is 15.1 Å². The number of hydrogen-bond acceptors (Lipinski definition) is 6. The summed E-state index contributed by atoms with van der Waals surface area (Å²) in [5.41, 5.74) is 2.49. The second-order valence-electron chi connectivity index (χ2n) is 2.88. The molecule has 0 radical (unpaired) electrons. The first kappa shape index (κ1) is 11.0. The molecule has 0 saturated carbocycles. The maximum absolute atomic E-state index is 10.8. The molecule has 0 unspecified atom stereocenters. The van der Waals surface area contributed by atoms with Crippen molar-refractivity contribution in [3.05, 3.63) is 45.5 Å². The summed E-state index contributed by atoms with van der Waals surface area (Å²) in [6.45, 7) is 0. The maximum Gasteiger partial charge on any atom is 0.273 e. The van der Waals surface area contributed by atoms with Gasteiger partial charge in [0.2, 0.25) is 0 Å². The van der Waals surface area contributed by atoms with E-state index in [0.717, 1.165) is 4.34 Å². The average molecular weight is 253 g/mol. The second kappa shape index (κ2) is 5.04. The van der Waals surface area contributed by atoms with Gasteiger partial charge >= 0.3 is 0 Å². The molecular weight excluding hydrogens is 246 g/mol. The Morgan fingerprint density at radius 3 is 2.94 bits per heavy atom. The number of nitrogens with zero attached hydrogens (tertiary/aromatic N) is 3. The van der Waals surface area contributed by atoms with Crippen molar-refractivity contribution in [2.45, 2.75) is 10.1 Å². The molecule has 0 aliphatic heterocycles. The van der Waals surface area contributed by atoms with E-state index in [4.69, 9.17) is 0 Å². The first-order valence-corrected chi connectivity index (χ1v) is 6.25. The first-order valence-electron chi connectivity index (χ1n) is 4.38. The molecule has 1 heterocycles. The predicted molar refractivity (Wildman–Crippen MR) is 62.6 cm³/mol. The van der Waals surface area contributed by atoms with Gasteiger partial charge in [-0.2, -0.15) is 0 Å². The third-order valence-corrected chi connectivity index (χ3v) is 3.79. The molecule has 7 heteroatoms. The summed E-state index contributed by atoms with van der Waals surface area (Å²) in [6.07, 6.45) is 0. The molecule has 0 fully saturated rings. The molecular formula is C9H7N3O2S2. The Balaban J connectivity index is 2.12. The van der Waals surface area contributed by atoms with Crippen LogP contribution in [0, 0.1) is 10.1 Å². The number of para-hydroxylation sites is 1. The number of nitro benzene ring substituents is 1. The zero-order valence-electron chi connectivity index (χ0n) is 8.07. The molecule has 0 amide bonds. The summed E-state index contributed by atoms with van der Waals surface area (Å²) in [6, 6.07) is 6.72. The summed E-state index contributed by atoms with van der Waals surface area (Å²) in [4.78, 5) is 10.4. The van der Waals surface area contributed by atoms with E-state index in [1.165, 1.54) is 29.2 Å². The minimum atomic E-state index is -0.365. The van der Waals surface area contributed by atoms with Gasteiger partial charge in [0.15, 0.2) is 4.34 Å². The zero-order chi connectivity index (χ0) is 11.4. The highest BCUT2D eigenvalue weighted by molar-refractivity contribution is 8.00. The Kier molecular flexibility index (Phi) is 3.47. The van der Waals surface area contributed by atoms with Gasteiger partial charge in [-0.1, -0.05) is 41.3 Å². The van der Waals surface area contributed by atoms with Gasteiger partial charge in [0.25, 0.3) is 5.69 Å². The summed E-state index contributed by atoms with van der Waals surface area (Å²) in [7, 11) is 0. The Bertz CT molecular complexity index is 487. The third kappa shape index (κ3) is 2.56. The molecule has 1 aromatic carbocycles. The monoisotopic (exact) mass is 253 g/mol. The van der Waals surface area contributed by atoms with E-state index in [2.05, 4.69) is 10.2 Å². The van der Waals surface area contributed by atoms with Crippen LogP contribution < -0.4 is 0 Å². The van der Waals surface area contributed by atoms with E-state index in [0.29, 0.717) is 11.3 Å². The van der Waals surface area contributed by atoms with Gasteiger partial charge in [-0.25, -0.2) is 0 Å². The highest BCUT2D eigenvalue weighted by atomic mass is 32.2. The normalized spacial score (nSPS) is 10.2. The van der Waals surface area contributed by atoms with Crippen molar-refractivity contribution in [3.8, 4) is 0 Å². The summed E-state index contributed by atoms with van der Waals surface area (Å²) in [5.74, 6) is 0.534. The van der Waals surface area contributed by atoms with Crippen LogP contribution in [0.2, 0.25) is 0 Å². The lowest BCUT2D eigenvalue weighted by atomic mass is 10.2. The number of hydrogen-bond donors (Lipinski definition) is 0. The average Bonchev–Trinajstić information content (AvgIpc) is 2.79. The topological polar surface area (TPSA) is 68.9 Å². The lowest BCUT2D eigenvalue weighted by Gasteiger charge is -1.99. The van der Waals surface area contributed by atoms with Crippen molar-refractivity contribution in [1.82, 2.24) is 10.2 Å². The second-order valence-corrected chi connectivity index (χ2v) is 4.93. The molecule has 0 bridgehead atoms. The fourth-order valence-electron chi connectivity index (χ4n) is 1.18. The van der Waals surface area contributed by atoms with Crippen LogP contribution in [0.3, 0.4) is 0 Å². The number of benzene rings is 1. The summed E-state index contributed by atoms with van der Waals surface area (Å²) < 4.78 is 0.818. The number of rotatable bonds is 4. The Morgan fingerprint density at radius 2 is 2.25 bits per heavy atom. The SMILES string of the molecule is O=[N+]([O-])c1ccccc1CSc1nncs1. The smallest absolute Gasteiger partial charge is 0.258 e. The van der Waals surface area contributed by atoms with Crippen LogP contribution in [0.15, 0.2) is 34.1 Å². The fraction of sp³-hybridized carbons (Fsp3) is 0.111. The van der Waals surface area contributed by atoms with Crippen LogP contribution in [0.4, 0.5) is 5.69 Å². The summed E-state index contributed by atoms with van der Waals surface area (Å²) >= 11 is 2.88. The Hall–Kier alpha value is -1.47. The van der Waals surface area contributed by atoms with Gasteiger partial charge < -0.3 is 0 Å². The van der Waals surface area contributed by atoms with Gasteiger partial charge in [-0.15, -0.1) is 10.2 Å². The van der Waals surface area contributed by atoms with E-state index >= 15 is 0 Å². The third-order valence-electron chi connectivity index (χ3n) is 1.88. The van der Waals surface area contributed by atoms with Crippen LogP contribution in [0.1, 0.15) is 5.56 Å². The Labute approximate surface area is 99.7 Å². The minimum absolute atomic E-state index is 0.152. The zero-order valence-corrected chi connectivity index (χ0v) is 9.70. The molecule has 0 aliphatic carbocycles. The molecule has 0 atom stereocenters. The molecule has 0 N–H and O–H groups in total. The lowest BCUT2D eigenvalue weighted by Crippen LogP contribution is -1.93. The molecule has 2 rings (SSSR count). The number of thioether (sulfide) groups is 1. The first-order chi connectivity index (χ1) is 7.77. The van der Waals surface area contributed by atoms with Crippen molar-refractivity contribution < 1.29 is 4.92 Å². The van der Waals surface area contributed by atoms with Crippen molar-refractivity contribution in [2.75, 3.05) is 0 Å². The summed E-state index contributed by atoms with van der Waals surface area (Å²) in [5, 5.41) is 18.3. The van der Waals surface area contributed by atoms with Crippen LogP contribution >= 0.6 is 23.1 Å². The van der Waals surface area contributed by atoms with E-state index in [1.807, 2.05) is 0 Å². The van der Waals surface area contributed by atoms with Crippen molar-refractivity contribution in [2.24, 2.45) is 0 Å². The van der Waals surface area contributed by atoms with Gasteiger partial charge in [-0.3, -0.25) is 10.1 Å². The lowest BCUT2D eigenvalue weighted by molar-refractivity contribution is -0.385. The molecule has 0 spiro atoms. The van der Waals surface area contributed by atoms with E-state index in [1.54, 1.807) is 23.7 Å². The fourth-order valence-corrected chi connectivity index (χ4v) is 2.66. The van der Waals surface area contributed by atoms with Crippen LogP contribution in [0.5, 0.6) is 0 Å². The molecule has 0 aliphatic rings.